The number of ether oxygens (including phenoxy) is 3. The quantitative estimate of drug-likeness (QED) is 0.312. The molecule has 0 saturated heterocycles. The molecular formula is C25H25BrN2O5. The molecule has 8 heteroatoms. The molecule has 0 atom stereocenters. The number of amides is 2. The first-order valence-corrected chi connectivity index (χ1v) is 11.3. The van der Waals surface area contributed by atoms with E-state index in [1.807, 2.05) is 42.5 Å². The number of hydrogen-bond donors (Lipinski definition) is 2. The summed E-state index contributed by atoms with van der Waals surface area (Å²) in [7, 11) is 0. The van der Waals surface area contributed by atoms with Gasteiger partial charge in [-0.25, -0.2) is 0 Å². The van der Waals surface area contributed by atoms with Crippen molar-refractivity contribution in [1.82, 2.24) is 10.9 Å². The number of carbonyl (C=O) groups excluding carboxylic acids is 2. The summed E-state index contributed by atoms with van der Waals surface area (Å²) in [5.41, 5.74) is 6.21. The molecule has 3 rings (SSSR count). The maximum atomic E-state index is 12.4. The fourth-order valence-electron chi connectivity index (χ4n) is 2.82. The SMILES string of the molecule is CCc1ccc(OCC(=O)NNC(=O)c2cccc(OCCOc3ccccc3)c2)c(Br)c1. The Kier molecular flexibility index (Phi) is 9.14. The lowest BCUT2D eigenvalue weighted by Crippen LogP contribution is -2.43. The molecule has 0 aromatic heterocycles. The number of carbonyl (C=O) groups is 2. The molecule has 0 aliphatic rings. The predicted octanol–water partition coefficient (Wildman–Crippen LogP) is 4.31. The Morgan fingerprint density at radius 1 is 0.818 bits per heavy atom. The van der Waals surface area contributed by atoms with E-state index in [-0.39, 0.29) is 6.61 Å². The van der Waals surface area contributed by atoms with E-state index in [2.05, 4.69) is 33.7 Å². The molecule has 0 fully saturated rings. The van der Waals surface area contributed by atoms with Gasteiger partial charge in [0.1, 0.15) is 30.5 Å². The molecule has 2 amide bonds. The van der Waals surface area contributed by atoms with Gasteiger partial charge in [0.15, 0.2) is 6.61 Å². The maximum absolute atomic E-state index is 12.4. The highest BCUT2D eigenvalue weighted by atomic mass is 79.9. The number of halogens is 1. The van der Waals surface area contributed by atoms with Gasteiger partial charge in [0.25, 0.3) is 11.8 Å². The summed E-state index contributed by atoms with van der Waals surface area (Å²) >= 11 is 3.43. The highest BCUT2D eigenvalue weighted by Gasteiger charge is 2.10. The summed E-state index contributed by atoms with van der Waals surface area (Å²) in [6.07, 6.45) is 0.902. The number of aryl methyl sites for hydroxylation is 1. The topological polar surface area (TPSA) is 85.9 Å². The summed E-state index contributed by atoms with van der Waals surface area (Å²) in [6.45, 7) is 2.51. The lowest BCUT2D eigenvalue weighted by molar-refractivity contribution is -0.123. The van der Waals surface area contributed by atoms with Crippen LogP contribution in [-0.4, -0.2) is 31.6 Å². The fourth-order valence-corrected chi connectivity index (χ4v) is 3.36. The van der Waals surface area contributed by atoms with Gasteiger partial charge in [-0.3, -0.25) is 20.4 Å². The molecule has 0 aliphatic heterocycles. The third-order valence-corrected chi connectivity index (χ3v) is 5.16. The van der Waals surface area contributed by atoms with Crippen LogP contribution in [0.1, 0.15) is 22.8 Å². The zero-order valence-electron chi connectivity index (χ0n) is 18.2. The Balaban J connectivity index is 1.41. The van der Waals surface area contributed by atoms with E-state index in [1.54, 1.807) is 30.3 Å². The summed E-state index contributed by atoms with van der Waals surface area (Å²) < 4.78 is 17.5. The van der Waals surface area contributed by atoms with Crippen LogP contribution < -0.4 is 25.1 Å². The molecule has 2 N–H and O–H groups in total. The van der Waals surface area contributed by atoms with Crippen molar-refractivity contribution in [2.75, 3.05) is 19.8 Å². The standard InChI is InChI=1S/C25H25BrN2O5/c1-2-18-11-12-23(22(26)15-18)33-17-24(29)27-28-25(30)19-7-6-10-21(16-19)32-14-13-31-20-8-4-3-5-9-20/h3-12,15-16H,2,13-14,17H2,1H3,(H,27,29)(H,28,30). The van der Waals surface area contributed by atoms with Crippen LogP contribution in [0.4, 0.5) is 0 Å². The normalized spacial score (nSPS) is 10.2. The molecule has 33 heavy (non-hydrogen) atoms. The number of hydrazine groups is 1. The van der Waals surface area contributed by atoms with E-state index in [0.29, 0.717) is 30.3 Å². The van der Waals surface area contributed by atoms with Crippen LogP contribution in [0.3, 0.4) is 0 Å². The lowest BCUT2D eigenvalue weighted by Gasteiger charge is -2.11. The van der Waals surface area contributed by atoms with Crippen LogP contribution in [0.15, 0.2) is 77.3 Å². The largest absolute Gasteiger partial charge is 0.490 e. The van der Waals surface area contributed by atoms with Gasteiger partial charge in [-0.1, -0.05) is 37.3 Å². The van der Waals surface area contributed by atoms with Crippen LogP contribution in [0.25, 0.3) is 0 Å². The molecule has 7 nitrogen and oxygen atoms in total. The minimum atomic E-state index is -0.486. The van der Waals surface area contributed by atoms with Crippen molar-refractivity contribution in [1.29, 1.82) is 0 Å². The summed E-state index contributed by atoms with van der Waals surface area (Å²) in [5.74, 6) is 0.881. The number of para-hydroxylation sites is 1. The van der Waals surface area contributed by atoms with E-state index < -0.39 is 11.8 Å². The first-order chi connectivity index (χ1) is 16.0. The van der Waals surface area contributed by atoms with Crippen molar-refractivity contribution in [2.24, 2.45) is 0 Å². The first kappa shape index (κ1) is 24.1. The summed E-state index contributed by atoms with van der Waals surface area (Å²) in [6, 6.07) is 21.8. The first-order valence-electron chi connectivity index (χ1n) is 10.5. The molecule has 0 unspecified atom stereocenters. The van der Waals surface area contributed by atoms with Crippen molar-refractivity contribution in [3.05, 3.63) is 88.4 Å². The van der Waals surface area contributed by atoms with Crippen LogP contribution in [0.2, 0.25) is 0 Å². The van der Waals surface area contributed by atoms with Gasteiger partial charge in [-0.15, -0.1) is 0 Å². The summed E-state index contributed by atoms with van der Waals surface area (Å²) in [4.78, 5) is 24.4. The average Bonchev–Trinajstić information content (AvgIpc) is 2.85. The van der Waals surface area contributed by atoms with Crippen molar-refractivity contribution in [2.45, 2.75) is 13.3 Å². The number of rotatable bonds is 10. The third kappa shape index (κ3) is 7.84. The zero-order valence-corrected chi connectivity index (χ0v) is 19.8. The fraction of sp³-hybridized carbons (Fsp3) is 0.200. The van der Waals surface area contributed by atoms with Gasteiger partial charge < -0.3 is 14.2 Å². The number of hydrogen-bond acceptors (Lipinski definition) is 5. The molecule has 172 valence electrons. The Labute approximate surface area is 201 Å². The minimum Gasteiger partial charge on any atom is -0.490 e. The Hall–Kier alpha value is -3.52. The molecule has 3 aromatic rings. The number of nitrogens with one attached hydrogen (secondary N) is 2. The minimum absolute atomic E-state index is 0.241. The van der Waals surface area contributed by atoms with Crippen LogP contribution in [-0.2, 0) is 11.2 Å². The molecule has 0 saturated carbocycles. The van der Waals surface area contributed by atoms with Crippen molar-refractivity contribution >= 4 is 27.7 Å². The van der Waals surface area contributed by atoms with E-state index in [4.69, 9.17) is 14.2 Å². The smallest absolute Gasteiger partial charge is 0.276 e. The second-order valence-electron chi connectivity index (χ2n) is 6.95. The van der Waals surface area contributed by atoms with Crippen LogP contribution in [0.5, 0.6) is 17.2 Å². The highest BCUT2D eigenvalue weighted by molar-refractivity contribution is 9.10. The number of benzene rings is 3. The predicted molar refractivity (Wildman–Crippen MR) is 128 cm³/mol. The lowest BCUT2D eigenvalue weighted by atomic mass is 10.2. The van der Waals surface area contributed by atoms with Gasteiger partial charge in [0, 0.05) is 5.56 Å². The van der Waals surface area contributed by atoms with Gasteiger partial charge in [-0.2, -0.15) is 0 Å². The Bertz CT molecular complexity index is 1080. The third-order valence-electron chi connectivity index (χ3n) is 4.54. The molecule has 0 spiro atoms. The molecule has 0 aliphatic carbocycles. The van der Waals surface area contributed by atoms with Crippen LogP contribution in [0, 0.1) is 0 Å². The second-order valence-corrected chi connectivity index (χ2v) is 7.80. The van der Waals surface area contributed by atoms with Crippen molar-refractivity contribution in [3.63, 3.8) is 0 Å². The van der Waals surface area contributed by atoms with E-state index in [9.17, 15) is 9.59 Å². The van der Waals surface area contributed by atoms with E-state index in [0.717, 1.165) is 22.2 Å². The molecule has 0 bridgehead atoms. The average molecular weight is 513 g/mol. The van der Waals surface area contributed by atoms with E-state index >= 15 is 0 Å². The van der Waals surface area contributed by atoms with Gasteiger partial charge in [0.2, 0.25) is 0 Å². The Morgan fingerprint density at radius 2 is 1.55 bits per heavy atom. The maximum Gasteiger partial charge on any atom is 0.276 e. The van der Waals surface area contributed by atoms with Gasteiger partial charge >= 0.3 is 0 Å². The van der Waals surface area contributed by atoms with Crippen LogP contribution >= 0.6 is 15.9 Å². The van der Waals surface area contributed by atoms with E-state index in [1.165, 1.54) is 0 Å². The molecular weight excluding hydrogens is 488 g/mol. The molecule has 3 aromatic carbocycles. The van der Waals surface area contributed by atoms with Crippen molar-refractivity contribution in [3.8, 4) is 17.2 Å². The Morgan fingerprint density at radius 3 is 2.27 bits per heavy atom. The monoisotopic (exact) mass is 512 g/mol. The molecule has 0 heterocycles. The van der Waals surface area contributed by atoms with Crippen molar-refractivity contribution < 1.29 is 23.8 Å². The highest BCUT2D eigenvalue weighted by Crippen LogP contribution is 2.26. The second kappa shape index (κ2) is 12.5. The van der Waals surface area contributed by atoms with Gasteiger partial charge in [-0.05, 0) is 70.4 Å². The zero-order chi connectivity index (χ0) is 23.5. The molecule has 0 radical (unpaired) electrons. The summed E-state index contributed by atoms with van der Waals surface area (Å²) in [5, 5.41) is 0. The van der Waals surface area contributed by atoms with Gasteiger partial charge in [0.05, 0.1) is 4.47 Å².